The Kier molecular flexibility index (Phi) is 4.45. The van der Waals surface area contributed by atoms with Crippen molar-refractivity contribution < 1.29 is 9.72 Å². The molecule has 2 rings (SSSR count). The second-order valence-corrected chi connectivity index (χ2v) is 4.97. The van der Waals surface area contributed by atoms with Crippen molar-refractivity contribution in [2.24, 2.45) is 0 Å². The smallest absolute Gasteiger partial charge is 0.293 e. The zero-order valence-electron chi connectivity index (χ0n) is 12.5. The Labute approximate surface area is 127 Å². The summed E-state index contributed by atoms with van der Waals surface area (Å²) < 4.78 is 0. The van der Waals surface area contributed by atoms with E-state index in [1.165, 1.54) is 19.1 Å². The molecule has 114 valence electrons. The number of ketones is 1. The average molecular weight is 300 g/mol. The summed E-state index contributed by atoms with van der Waals surface area (Å²) in [6.07, 6.45) is 1.64. The molecule has 1 aromatic carbocycles. The minimum Gasteiger partial charge on any atom is -0.370 e. The maximum absolute atomic E-state index is 11.3. The maximum atomic E-state index is 11.3. The van der Waals surface area contributed by atoms with Gasteiger partial charge in [-0.25, -0.2) is 9.97 Å². The van der Waals surface area contributed by atoms with Crippen LogP contribution in [0.3, 0.4) is 0 Å². The van der Waals surface area contributed by atoms with Crippen LogP contribution in [0.4, 0.5) is 11.4 Å². The first-order chi connectivity index (χ1) is 10.4. The number of hydrogen-bond acceptors (Lipinski definition) is 6. The van der Waals surface area contributed by atoms with Crippen LogP contribution in [0.2, 0.25) is 0 Å². The zero-order chi connectivity index (χ0) is 16.3. The van der Waals surface area contributed by atoms with E-state index in [9.17, 15) is 14.9 Å². The second-order valence-electron chi connectivity index (χ2n) is 4.97. The summed E-state index contributed by atoms with van der Waals surface area (Å²) in [5.41, 5.74) is 1.30. The summed E-state index contributed by atoms with van der Waals surface area (Å²) in [5, 5.41) is 14.2. The Morgan fingerprint density at radius 1 is 1.36 bits per heavy atom. The van der Waals surface area contributed by atoms with Crippen LogP contribution in [0.1, 0.15) is 41.8 Å². The van der Waals surface area contributed by atoms with Crippen LogP contribution < -0.4 is 5.32 Å². The Balaban J connectivity index is 2.32. The van der Waals surface area contributed by atoms with Crippen LogP contribution in [0, 0.1) is 17.0 Å². The highest BCUT2D eigenvalue weighted by Gasteiger charge is 2.19. The van der Waals surface area contributed by atoms with Crippen LogP contribution in [0.15, 0.2) is 30.5 Å². The molecule has 7 heteroatoms. The first-order valence-corrected chi connectivity index (χ1v) is 6.74. The molecule has 0 aliphatic rings. The third kappa shape index (κ3) is 3.43. The number of nitrogens with one attached hydrogen (secondary N) is 1. The lowest BCUT2D eigenvalue weighted by Crippen LogP contribution is -2.12. The lowest BCUT2D eigenvalue weighted by Gasteiger charge is -2.14. The molecule has 0 saturated carbocycles. The number of rotatable bonds is 5. The van der Waals surface area contributed by atoms with E-state index in [0.717, 1.165) is 5.69 Å². The van der Waals surface area contributed by atoms with Crippen molar-refractivity contribution in [3.8, 4) is 0 Å². The first-order valence-electron chi connectivity index (χ1n) is 6.74. The van der Waals surface area contributed by atoms with Crippen molar-refractivity contribution in [1.82, 2.24) is 9.97 Å². The summed E-state index contributed by atoms with van der Waals surface area (Å²) in [5.74, 6) is 0.328. The van der Waals surface area contributed by atoms with E-state index < -0.39 is 4.92 Å². The van der Waals surface area contributed by atoms with E-state index in [-0.39, 0.29) is 17.5 Å². The van der Waals surface area contributed by atoms with Crippen molar-refractivity contribution >= 4 is 17.2 Å². The van der Waals surface area contributed by atoms with Gasteiger partial charge in [0.1, 0.15) is 11.5 Å². The maximum Gasteiger partial charge on any atom is 0.293 e. The fourth-order valence-corrected chi connectivity index (χ4v) is 2.00. The summed E-state index contributed by atoms with van der Waals surface area (Å²) in [4.78, 5) is 30.5. The summed E-state index contributed by atoms with van der Waals surface area (Å²) in [6.45, 7) is 5.04. The minimum absolute atomic E-state index is 0.146. The van der Waals surface area contributed by atoms with Gasteiger partial charge in [-0.3, -0.25) is 14.9 Å². The van der Waals surface area contributed by atoms with Crippen LogP contribution in [0.25, 0.3) is 0 Å². The van der Waals surface area contributed by atoms with Crippen LogP contribution in [-0.2, 0) is 0 Å². The Morgan fingerprint density at radius 2 is 2.09 bits per heavy atom. The van der Waals surface area contributed by atoms with Crippen LogP contribution in [0.5, 0.6) is 0 Å². The third-order valence-electron chi connectivity index (χ3n) is 3.17. The van der Waals surface area contributed by atoms with Gasteiger partial charge in [-0.05, 0) is 39.0 Å². The number of anilines is 1. The minimum atomic E-state index is -0.515. The SMILES string of the molecule is CC(=O)c1ccc(NC(C)c2nccc(C)n2)c([N+](=O)[O-])c1. The largest absolute Gasteiger partial charge is 0.370 e. The normalized spacial score (nSPS) is 11.8. The van der Waals surface area contributed by atoms with E-state index in [2.05, 4.69) is 15.3 Å². The zero-order valence-corrected chi connectivity index (χ0v) is 12.5. The summed E-state index contributed by atoms with van der Waals surface area (Å²) in [6, 6.07) is 5.83. The van der Waals surface area contributed by atoms with E-state index in [0.29, 0.717) is 17.1 Å². The number of aryl methyl sites for hydroxylation is 1. The molecule has 0 bridgehead atoms. The molecule has 22 heavy (non-hydrogen) atoms. The van der Waals surface area contributed by atoms with E-state index in [1.807, 2.05) is 13.8 Å². The number of hydrogen-bond donors (Lipinski definition) is 1. The number of nitro groups is 1. The molecule has 1 heterocycles. The Hall–Kier alpha value is -2.83. The van der Waals surface area contributed by atoms with Gasteiger partial charge in [0.05, 0.1) is 11.0 Å². The molecule has 0 saturated heterocycles. The molecule has 2 aromatic rings. The van der Waals surface area contributed by atoms with Gasteiger partial charge in [-0.2, -0.15) is 0 Å². The van der Waals surface area contributed by atoms with Gasteiger partial charge < -0.3 is 5.32 Å². The average Bonchev–Trinajstić information content (AvgIpc) is 2.47. The molecule has 0 radical (unpaired) electrons. The number of nitro benzene ring substituents is 1. The highest BCUT2D eigenvalue weighted by molar-refractivity contribution is 5.95. The summed E-state index contributed by atoms with van der Waals surface area (Å²) >= 11 is 0. The van der Waals surface area contributed by atoms with Crippen LogP contribution >= 0.6 is 0 Å². The number of Topliss-reactive ketones (excluding diaryl/α,β-unsaturated/α-hetero) is 1. The topological polar surface area (TPSA) is 98.0 Å². The fourth-order valence-electron chi connectivity index (χ4n) is 2.00. The molecule has 0 fully saturated rings. The van der Waals surface area contributed by atoms with E-state index in [1.54, 1.807) is 18.3 Å². The number of benzene rings is 1. The Morgan fingerprint density at radius 3 is 2.68 bits per heavy atom. The third-order valence-corrected chi connectivity index (χ3v) is 3.17. The molecular formula is C15H16N4O3. The molecule has 0 spiro atoms. The van der Waals surface area contributed by atoms with Gasteiger partial charge >= 0.3 is 0 Å². The van der Waals surface area contributed by atoms with Gasteiger partial charge in [0.25, 0.3) is 5.69 Å². The van der Waals surface area contributed by atoms with Gasteiger partial charge in [0, 0.05) is 23.5 Å². The number of aromatic nitrogens is 2. The number of nitrogens with zero attached hydrogens (tertiary/aromatic N) is 3. The van der Waals surface area contributed by atoms with Crippen molar-refractivity contribution in [3.63, 3.8) is 0 Å². The van der Waals surface area contributed by atoms with Gasteiger partial charge in [-0.15, -0.1) is 0 Å². The molecule has 1 N–H and O–H groups in total. The predicted molar refractivity (Wildman–Crippen MR) is 81.9 cm³/mol. The molecule has 7 nitrogen and oxygen atoms in total. The highest BCUT2D eigenvalue weighted by atomic mass is 16.6. The fraction of sp³-hybridized carbons (Fsp3) is 0.267. The lowest BCUT2D eigenvalue weighted by molar-refractivity contribution is -0.384. The monoisotopic (exact) mass is 300 g/mol. The van der Waals surface area contributed by atoms with Crippen molar-refractivity contribution in [3.05, 3.63) is 57.7 Å². The number of carbonyl (C=O) groups is 1. The van der Waals surface area contributed by atoms with Gasteiger partial charge in [0.2, 0.25) is 0 Å². The first kappa shape index (κ1) is 15.6. The quantitative estimate of drug-likeness (QED) is 0.517. The van der Waals surface area contributed by atoms with Crippen molar-refractivity contribution in [2.75, 3.05) is 5.32 Å². The lowest BCUT2D eigenvalue weighted by atomic mass is 10.1. The van der Waals surface area contributed by atoms with Gasteiger partial charge in [0.15, 0.2) is 5.78 Å². The highest BCUT2D eigenvalue weighted by Crippen LogP contribution is 2.28. The standard InChI is InChI=1S/C15H16N4O3/c1-9-6-7-16-15(17-9)10(2)18-13-5-4-12(11(3)20)8-14(13)19(21)22/h4-8,10,18H,1-3H3. The van der Waals surface area contributed by atoms with Crippen molar-refractivity contribution in [2.45, 2.75) is 26.8 Å². The molecule has 0 aliphatic carbocycles. The summed E-state index contributed by atoms with van der Waals surface area (Å²) in [7, 11) is 0. The second kappa shape index (κ2) is 6.30. The molecular weight excluding hydrogens is 284 g/mol. The molecule has 0 aliphatic heterocycles. The molecule has 0 amide bonds. The van der Waals surface area contributed by atoms with E-state index >= 15 is 0 Å². The van der Waals surface area contributed by atoms with Crippen LogP contribution in [-0.4, -0.2) is 20.7 Å². The van der Waals surface area contributed by atoms with E-state index in [4.69, 9.17) is 0 Å². The number of carbonyl (C=O) groups excluding carboxylic acids is 1. The molecule has 1 atom stereocenters. The van der Waals surface area contributed by atoms with Gasteiger partial charge in [-0.1, -0.05) is 0 Å². The predicted octanol–water partition coefficient (Wildman–Crippen LogP) is 3.07. The Bertz CT molecular complexity index is 730. The molecule has 1 aromatic heterocycles. The van der Waals surface area contributed by atoms with Crippen molar-refractivity contribution in [1.29, 1.82) is 0 Å². The molecule has 1 unspecified atom stereocenters.